The van der Waals surface area contributed by atoms with Gasteiger partial charge in [-0.25, -0.2) is 5.43 Å². The van der Waals surface area contributed by atoms with Crippen molar-refractivity contribution < 1.29 is 24.1 Å². The molecule has 2 aromatic rings. The fourth-order valence-electron chi connectivity index (χ4n) is 3.32. The number of aliphatic hydroxyl groups is 1. The summed E-state index contributed by atoms with van der Waals surface area (Å²) in [5.41, 5.74) is 5.22. The Balaban J connectivity index is 1.30. The van der Waals surface area contributed by atoms with E-state index in [1.165, 1.54) is 0 Å². The average molecular weight is 504 g/mol. The summed E-state index contributed by atoms with van der Waals surface area (Å²) in [6, 6.07) is 13.5. The van der Waals surface area contributed by atoms with Crippen LogP contribution in [0.3, 0.4) is 0 Å². The summed E-state index contributed by atoms with van der Waals surface area (Å²) in [5, 5.41) is 17.7. The van der Waals surface area contributed by atoms with Gasteiger partial charge in [-0.15, -0.1) is 0 Å². The van der Waals surface area contributed by atoms with E-state index in [1.54, 1.807) is 6.07 Å². The molecule has 1 atom stereocenters. The van der Waals surface area contributed by atoms with Crippen LogP contribution >= 0.6 is 11.6 Å². The van der Waals surface area contributed by atoms with Gasteiger partial charge >= 0.3 is 0 Å². The van der Waals surface area contributed by atoms with E-state index in [9.17, 15) is 9.90 Å². The molecule has 1 heterocycles. The average Bonchev–Trinajstić information content (AvgIpc) is 2.85. The van der Waals surface area contributed by atoms with Crippen molar-refractivity contribution >= 4 is 23.2 Å². The van der Waals surface area contributed by atoms with Crippen molar-refractivity contribution in [3.05, 3.63) is 58.6 Å². The Hall–Kier alpha value is -2.65. The third-order valence-corrected chi connectivity index (χ3v) is 5.55. The van der Waals surface area contributed by atoms with Gasteiger partial charge in [0, 0.05) is 31.8 Å². The first-order chi connectivity index (χ1) is 16.9. The highest BCUT2D eigenvalue weighted by Gasteiger charge is 2.14. The highest BCUT2D eigenvalue weighted by Crippen LogP contribution is 2.27. The standard InChI is InChI=1S/C26H34ClN3O5/c1-18(2)28-15-21(31)17-35-22-7-4-19(5-8-22)16-33-12-3-13-34-25-10-6-20(14-23(25)27)24-9-11-26(32)30-29-24/h4-8,10,14,18,21,28,31H,3,9,11-13,15-17H2,1-2H3,(H,30,32). The Labute approximate surface area is 211 Å². The monoisotopic (exact) mass is 503 g/mol. The molecule has 0 aromatic heterocycles. The molecule has 1 unspecified atom stereocenters. The number of benzene rings is 2. The second-order valence-corrected chi connectivity index (χ2v) is 9.07. The molecule has 0 saturated carbocycles. The molecule has 2 aromatic carbocycles. The third-order valence-electron chi connectivity index (χ3n) is 5.26. The maximum absolute atomic E-state index is 11.2. The number of rotatable bonds is 14. The lowest BCUT2D eigenvalue weighted by atomic mass is 10.0. The van der Waals surface area contributed by atoms with Gasteiger partial charge in [0.2, 0.25) is 5.91 Å². The Kier molecular flexibility index (Phi) is 10.8. The number of nitrogens with one attached hydrogen (secondary N) is 2. The maximum atomic E-state index is 11.2. The smallest absolute Gasteiger partial charge is 0.240 e. The van der Waals surface area contributed by atoms with Crippen LogP contribution in [0.4, 0.5) is 0 Å². The lowest BCUT2D eigenvalue weighted by Crippen LogP contribution is -2.35. The topological polar surface area (TPSA) is 101 Å². The van der Waals surface area contributed by atoms with Crippen LogP contribution in [0.15, 0.2) is 47.6 Å². The quantitative estimate of drug-likeness (QED) is 0.340. The molecular weight excluding hydrogens is 470 g/mol. The first-order valence-corrected chi connectivity index (χ1v) is 12.3. The van der Waals surface area contributed by atoms with Crippen molar-refractivity contribution in [2.24, 2.45) is 5.10 Å². The summed E-state index contributed by atoms with van der Waals surface area (Å²) in [6.45, 7) is 6.35. The molecule has 0 radical (unpaired) electrons. The summed E-state index contributed by atoms with van der Waals surface area (Å²) in [7, 11) is 0. The fraction of sp³-hybridized carbons (Fsp3) is 0.462. The van der Waals surface area contributed by atoms with Crippen LogP contribution in [-0.4, -0.2) is 55.2 Å². The molecule has 1 aliphatic heterocycles. The Bertz CT molecular complexity index is 981. The van der Waals surface area contributed by atoms with Crippen LogP contribution in [0.2, 0.25) is 5.02 Å². The molecule has 0 spiro atoms. The van der Waals surface area contributed by atoms with Crippen molar-refractivity contribution in [2.75, 3.05) is 26.4 Å². The van der Waals surface area contributed by atoms with E-state index in [-0.39, 0.29) is 12.5 Å². The number of amides is 1. The Morgan fingerprint density at radius 2 is 1.91 bits per heavy atom. The minimum atomic E-state index is -0.550. The van der Waals surface area contributed by atoms with E-state index in [4.69, 9.17) is 25.8 Å². The summed E-state index contributed by atoms with van der Waals surface area (Å²) >= 11 is 6.35. The van der Waals surface area contributed by atoms with Crippen molar-refractivity contribution in [1.29, 1.82) is 0 Å². The molecule has 8 nitrogen and oxygen atoms in total. The largest absolute Gasteiger partial charge is 0.492 e. The number of carbonyl (C=O) groups excluding carboxylic acids is 1. The number of hydrogen-bond acceptors (Lipinski definition) is 7. The fourth-order valence-corrected chi connectivity index (χ4v) is 3.55. The highest BCUT2D eigenvalue weighted by molar-refractivity contribution is 6.32. The lowest BCUT2D eigenvalue weighted by Gasteiger charge is -2.15. The van der Waals surface area contributed by atoms with E-state index < -0.39 is 6.10 Å². The Morgan fingerprint density at radius 3 is 2.60 bits per heavy atom. The zero-order valence-electron chi connectivity index (χ0n) is 20.3. The van der Waals surface area contributed by atoms with Crippen LogP contribution in [0.25, 0.3) is 0 Å². The van der Waals surface area contributed by atoms with Crippen LogP contribution in [0.5, 0.6) is 11.5 Å². The predicted octanol–water partition coefficient (Wildman–Crippen LogP) is 3.68. The second kappa shape index (κ2) is 14.0. The molecule has 0 aliphatic carbocycles. The molecule has 9 heteroatoms. The molecule has 0 fully saturated rings. The first-order valence-electron chi connectivity index (χ1n) is 11.9. The van der Waals surface area contributed by atoms with Gasteiger partial charge in [-0.05, 0) is 41.5 Å². The summed E-state index contributed by atoms with van der Waals surface area (Å²) in [5.74, 6) is 1.25. The van der Waals surface area contributed by atoms with Gasteiger partial charge in [0.05, 0.1) is 30.6 Å². The maximum Gasteiger partial charge on any atom is 0.240 e. The van der Waals surface area contributed by atoms with Gasteiger partial charge in [0.1, 0.15) is 24.2 Å². The molecule has 190 valence electrons. The van der Waals surface area contributed by atoms with Crippen LogP contribution in [0.1, 0.15) is 44.2 Å². The number of hydrogen-bond donors (Lipinski definition) is 3. The number of carbonyl (C=O) groups is 1. The number of halogens is 1. The molecule has 1 amide bonds. The van der Waals surface area contributed by atoms with Gasteiger partial charge in [0.15, 0.2) is 0 Å². The molecule has 35 heavy (non-hydrogen) atoms. The molecule has 3 N–H and O–H groups in total. The van der Waals surface area contributed by atoms with Crippen LogP contribution in [-0.2, 0) is 16.1 Å². The van der Waals surface area contributed by atoms with E-state index in [2.05, 4.69) is 15.8 Å². The van der Waals surface area contributed by atoms with E-state index in [0.717, 1.165) is 23.3 Å². The zero-order valence-corrected chi connectivity index (χ0v) is 21.0. The highest BCUT2D eigenvalue weighted by atomic mass is 35.5. The number of nitrogens with zero attached hydrogens (tertiary/aromatic N) is 1. The van der Waals surface area contributed by atoms with Crippen molar-refractivity contribution in [3.63, 3.8) is 0 Å². The van der Waals surface area contributed by atoms with E-state index >= 15 is 0 Å². The van der Waals surface area contributed by atoms with Gasteiger partial charge in [0.25, 0.3) is 0 Å². The van der Waals surface area contributed by atoms with Gasteiger partial charge in [-0.2, -0.15) is 5.10 Å². The molecule has 0 bridgehead atoms. The SMILES string of the molecule is CC(C)NCC(O)COc1ccc(COCCCOc2ccc(C3=NNC(=O)CC3)cc2Cl)cc1. The van der Waals surface area contributed by atoms with Crippen LogP contribution < -0.4 is 20.2 Å². The molecular formula is C26H34ClN3O5. The third kappa shape index (κ3) is 9.49. The number of hydrazone groups is 1. The van der Waals surface area contributed by atoms with E-state index in [1.807, 2.05) is 50.2 Å². The summed E-state index contributed by atoms with van der Waals surface area (Å²) in [6.07, 6.45) is 1.19. The molecule has 0 saturated heterocycles. The number of aliphatic hydroxyl groups excluding tert-OH is 1. The zero-order chi connectivity index (χ0) is 25.0. The summed E-state index contributed by atoms with van der Waals surface area (Å²) in [4.78, 5) is 11.2. The van der Waals surface area contributed by atoms with Gasteiger partial charge in [-0.1, -0.05) is 37.6 Å². The van der Waals surface area contributed by atoms with Gasteiger partial charge < -0.3 is 24.6 Å². The Morgan fingerprint density at radius 1 is 1.11 bits per heavy atom. The molecule has 1 aliphatic rings. The van der Waals surface area contributed by atoms with Crippen molar-refractivity contribution in [3.8, 4) is 11.5 Å². The van der Waals surface area contributed by atoms with Crippen molar-refractivity contribution in [2.45, 2.75) is 51.9 Å². The van der Waals surface area contributed by atoms with Crippen molar-refractivity contribution in [1.82, 2.24) is 10.7 Å². The minimum Gasteiger partial charge on any atom is -0.492 e. The van der Waals surface area contributed by atoms with Crippen LogP contribution in [0, 0.1) is 0 Å². The summed E-state index contributed by atoms with van der Waals surface area (Å²) < 4.78 is 17.1. The lowest BCUT2D eigenvalue weighted by molar-refractivity contribution is -0.121. The van der Waals surface area contributed by atoms with E-state index in [0.29, 0.717) is 61.8 Å². The molecule has 3 rings (SSSR count). The number of ether oxygens (including phenoxy) is 3. The normalized spacial score (nSPS) is 14.4. The minimum absolute atomic E-state index is 0.0744. The second-order valence-electron chi connectivity index (χ2n) is 8.67. The van der Waals surface area contributed by atoms with Gasteiger partial charge in [-0.3, -0.25) is 4.79 Å². The predicted molar refractivity (Wildman–Crippen MR) is 136 cm³/mol. The first kappa shape index (κ1) is 26.9.